The van der Waals surface area contributed by atoms with E-state index in [4.69, 9.17) is 33.9 Å². The van der Waals surface area contributed by atoms with Crippen LogP contribution in [-0.4, -0.2) is 45.0 Å². The number of hydrazone groups is 2. The van der Waals surface area contributed by atoms with Crippen molar-refractivity contribution in [3.05, 3.63) is 23.8 Å². The molecule has 2 rings (SSSR count). The van der Waals surface area contributed by atoms with E-state index in [-0.39, 0.29) is 6.79 Å². The van der Waals surface area contributed by atoms with Crippen molar-refractivity contribution < 1.29 is 9.47 Å². The molecule has 0 saturated heterocycles. The Kier molecular flexibility index (Phi) is 6.44. The van der Waals surface area contributed by atoms with E-state index in [0.717, 1.165) is 5.56 Å². The maximum Gasteiger partial charge on any atom is 0.231 e. The molecule has 10 heteroatoms. The number of rotatable bonds is 5. The lowest BCUT2D eigenvalue weighted by atomic mass is 10.1. The van der Waals surface area contributed by atoms with Gasteiger partial charge < -0.3 is 14.8 Å². The summed E-state index contributed by atoms with van der Waals surface area (Å²) in [5, 5.41) is 11.5. The summed E-state index contributed by atoms with van der Waals surface area (Å²) in [4.78, 5) is 0. The first kappa shape index (κ1) is 17.3. The van der Waals surface area contributed by atoms with E-state index < -0.39 is 0 Å². The van der Waals surface area contributed by atoms with Gasteiger partial charge in [0.25, 0.3) is 0 Å². The number of hydrogen-bond donors (Lipinski definition) is 3. The Labute approximate surface area is 147 Å². The van der Waals surface area contributed by atoms with Crippen LogP contribution in [-0.2, 0) is 0 Å². The highest BCUT2D eigenvalue weighted by molar-refractivity contribution is 7.83. The molecule has 0 aromatic heterocycles. The lowest BCUT2D eigenvalue weighted by Gasteiger charge is -2.06. The van der Waals surface area contributed by atoms with Crippen molar-refractivity contribution in [3.8, 4) is 11.5 Å². The summed E-state index contributed by atoms with van der Waals surface area (Å²) in [5.74, 6) is 1.38. The molecule has 120 valence electrons. The molecule has 3 N–H and O–H groups in total. The Morgan fingerprint density at radius 3 is 2.78 bits per heavy atom. The zero-order valence-corrected chi connectivity index (χ0v) is 15.2. The molecule has 0 unspecified atom stereocenters. The average Bonchev–Trinajstić information content (AvgIpc) is 3.04. The van der Waals surface area contributed by atoms with Gasteiger partial charge in [0.15, 0.2) is 16.6 Å². The minimum atomic E-state index is 0.219. The summed E-state index contributed by atoms with van der Waals surface area (Å²) >= 11 is 10.1. The van der Waals surface area contributed by atoms with Crippen LogP contribution in [0.15, 0.2) is 28.4 Å². The Balaban J connectivity index is 2.21. The molecule has 0 atom stereocenters. The van der Waals surface area contributed by atoms with Crippen LogP contribution in [0.4, 0.5) is 0 Å². The zero-order valence-electron chi connectivity index (χ0n) is 12.5. The summed E-state index contributed by atoms with van der Waals surface area (Å²) in [5.41, 5.74) is 6.91. The monoisotopic (exact) mass is 365 g/mol. The van der Waals surface area contributed by atoms with E-state index in [9.17, 15) is 0 Å². The van der Waals surface area contributed by atoms with Gasteiger partial charge in [-0.1, -0.05) is 18.8 Å². The van der Waals surface area contributed by atoms with E-state index in [1.165, 1.54) is 0 Å². The van der Waals surface area contributed by atoms with Crippen LogP contribution >= 0.6 is 24.4 Å². The second kappa shape index (κ2) is 8.55. The molecule has 7 nitrogen and oxygen atoms in total. The van der Waals surface area contributed by atoms with Crippen molar-refractivity contribution in [1.82, 2.24) is 16.2 Å². The molecule has 0 bridgehead atoms. The van der Waals surface area contributed by atoms with Crippen LogP contribution in [0, 0.1) is 0 Å². The Bertz CT molecular complexity index is 666. The third kappa shape index (κ3) is 4.98. The van der Waals surface area contributed by atoms with E-state index >= 15 is 0 Å². The SMILES string of the molecule is CNC(=S)N/N=C\C(=N\NC(=S)[Si]C)c1ccc2c(c1)OCO2. The van der Waals surface area contributed by atoms with Crippen LogP contribution in [0.5, 0.6) is 11.5 Å². The number of ether oxygens (including phenoxy) is 2. The maximum absolute atomic E-state index is 5.38. The van der Waals surface area contributed by atoms with Gasteiger partial charge >= 0.3 is 0 Å². The summed E-state index contributed by atoms with van der Waals surface area (Å²) in [6, 6.07) is 5.53. The fourth-order valence-electron chi connectivity index (χ4n) is 1.60. The van der Waals surface area contributed by atoms with Crippen molar-refractivity contribution in [2.24, 2.45) is 10.2 Å². The van der Waals surface area contributed by atoms with Gasteiger partial charge in [0.1, 0.15) is 15.2 Å². The van der Waals surface area contributed by atoms with E-state index in [1.807, 2.05) is 24.7 Å². The lowest BCUT2D eigenvalue weighted by Crippen LogP contribution is -2.29. The summed E-state index contributed by atoms with van der Waals surface area (Å²) in [6.07, 6.45) is 1.55. The lowest BCUT2D eigenvalue weighted by molar-refractivity contribution is 0.174. The third-order valence-electron chi connectivity index (χ3n) is 2.75. The molecule has 1 aliphatic rings. The van der Waals surface area contributed by atoms with Crippen molar-refractivity contribution in [2.45, 2.75) is 6.55 Å². The molecular weight excluding hydrogens is 350 g/mol. The molecule has 23 heavy (non-hydrogen) atoms. The number of hydrogen-bond acceptors (Lipinski definition) is 6. The second-order valence-corrected chi connectivity index (χ2v) is 6.38. The van der Waals surface area contributed by atoms with Gasteiger partial charge in [-0.25, -0.2) is 0 Å². The molecule has 1 aromatic rings. The first-order valence-electron chi connectivity index (χ1n) is 6.60. The Morgan fingerprint density at radius 1 is 1.26 bits per heavy atom. The maximum atomic E-state index is 5.38. The summed E-state index contributed by atoms with van der Waals surface area (Å²) in [6.45, 7) is 2.20. The largest absolute Gasteiger partial charge is 0.454 e. The van der Waals surface area contributed by atoms with Gasteiger partial charge in [-0.2, -0.15) is 10.2 Å². The molecule has 1 heterocycles. The standard InChI is InChI=1S/C13H15N5O2S2Si/c1-14-12(21)17-15-6-9(16-18-13(22)23-2)8-3-4-10-11(5-8)20-7-19-10/h3-6H,7H2,1-2H3,(H,18,22)(H2,14,17,21)/b15-6-,16-9-. The molecule has 0 saturated carbocycles. The summed E-state index contributed by atoms with van der Waals surface area (Å²) < 4.78 is 11.4. The molecule has 1 aromatic carbocycles. The first-order valence-corrected chi connectivity index (χ1v) is 8.92. The molecule has 0 amide bonds. The highest BCUT2D eigenvalue weighted by atomic mass is 32.1. The Morgan fingerprint density at radius 2 is 2.04 bits per heavy atom. The number of nitrogens with zero attached hydrogens (tertiary/aromatic N) is 2. The van der Waals surface area contributed by atoms with Crippen LogP contribution < -0.4 is 25.6 Å². The quantitative estimate of drug-likeness (QED) is 0.309. The van der Waals surface area contributed by atoms with Crippen LogP contribution in [0.2, 0.25) is 6.55 Å². The third-order valence-corrected chi connectivity index (χ3v) is 4.32. The number of thiocarbonyl (C=S) groups is 2. The van der Waals surface area contributed by atoms with Gasteiger partial charge in [-0.15, -0.1) is 0 Å². The van der Waals surface area contributed by atoms with E-state index in [2.05, 4.69) is 26.4 Å². The zero-order chi connectivity index (χ0) is 16.7. The minimum absolute atomic E-state index is 0.219. The van der Waals surface area contributed by atoms with Gasteiger partial charge in [0, 0.05) is 12.6 Å². The van der Waals surface area contributed by atoms with Crippen LogP contribution in [0.3, 0.4) is 0 Å². The van der Waals surface area contributed by atoms with Crippen LogP contribution in [0.1, 0.15) is 5.56 Å². The van der Waals surface area contributed by atoms with Crippen molar-refractivity contribution in [2.75, 3.05) is 13.8 Å². The first-order chi connectivity index (χ1) is 11.1. The molecule has 1 aliphatic heterocycles. The average molecular weight is 366 g/mol. The topological polar surface area (TPSA) is 79.3 Å². The van der Waals surface area contributed by atoms with Crippen LogP contribution in [0.25, 0.3) is 0 Å². The van der Waals surface area contributed by atoms with Gasteiger partial charge in [-0.05, 0) is 30.4 Å². The predicted octanol–water partition coefficient (Wildman–Crippen LogP) is 0.826. The highest BCUT2D eigenvalue weighted by Gasteiger charge is 2.15. The van der Waals surface area contributed by atoms with E-state index in [0.29, 0.717) is 36.5 Å². The van der Waals surface area contributed by atoms with Crippen molar-refractivity contribution >= 4 is 55.6 Å². The van der Waals surface area contributed by atoms with Crippen molar-refractivity contribution in [3.63, 3.8) is 0 Å². The summed E-state index contributed by atoms with van der Waals surface area (Å²) in [7, 11) is 2.18. The smallest absolute Gasteiger partial charge is 0.231 e. The minimum Gasteiger partial charge on any atom is -0.454 e. The second-order valence-electron chi connectivity index (χ2n) is 4.21. The Hall–Kier alpha value is -2.04. The molecular formula is C13H15N5O2S2Si. The molecule has 0 aliphatic carbocycles. The highest BCUT2D eigenvalue weighted by Crippen LogP contribution is 2.32. The van der Waals surface area contributed by atoms with E-state index in [1.54, 1.807) is 13.3 Å². The number of nitrogens with one attached hydrogen (secondary N) is 3. The fourth-order valence-corrected chi connectivity index (χ4v) is 1.86. The number of fused-ring (bicyclic) bond motifs is 1. The number of benzene rings is 1. The molecule has 0 fully saturated rings. The predicted molar refractivity (Wildman–Crippen MR) is 99.7 cm³/mol. The molecule has 0 spiro atoms. The molecule has 2 radical (unpaired) electrons. The normalized spacial score (nSPS) is 13.0. The van der Waals surface area contributed by atoms with Gasteiger partial charge in [0.05, 0.1) is 10.8 Å². The van der Waals surface area contributed by atoms with Gasteiger partial charge in [-0.3, -0.25) is 10.9 Å². The fraction of sp³-hybridized carbons (Fsp3) is 0.231. The van der Waals surface area contributed by atoms with Crippen molar-refractivity contribution in [1.29, 1.82) is 0 Å². The van der Waals surface area contributed by atoms with Gasteiger partial charge in [0.2, 0.25) is 6.79 Å².